The second-order valence-corrected chi connectivity index (χ2v) is 10.1. The van der Waals surface area contributed by atoms with Crippen LogP contribution in [0.4, 0.5) is 5.69 Å². The molecule has 3 aromatic rings. The molecule has 0 bridgehead atoms. The summed E-state index contributed by atoms with van der Waals surface area (Å²) in [5.74, 6) is 0.526. The summed E-state index contributed by atoms with van der Waals surface area (Å²) in [5.41, 5.74) is 2.63. The molecule has 1 aliphatic rings. The first-order valence-electron chi connectivity index (χ1n) is 11.3. The van der Waals surface area contributed by atoms with Crippen molar-refractivity contribution in [2.75, 3.05) is 31.6 Å². The summed E-state index contributed by atoms with van der Waals surface area (Å²) < 4.78 is 34.7. The average Bonchev–Trinajstić information content (AvgIpc) is 3.20. The number of benzene rings is 2. The summed E-state index contributed by atoms with van der Waals surface area (Å²) in [5, 5.41) is 2.83. The predicted octanol–water partition coefficient (Wildman–Crippen LogP) is 2.85. The van der Waals surface area contributed by atoms with Gasteiger partial charge in [0.2, 0.25) is 15.9 Å². The third-order valence-electron chi connectivity index (χ3n) is 5.87. The van der Waals surface area contributed by atoms with Crippen LogP contribution in [0.3, 0.4) is 0 Å². The first kappa shape index (κ1) is 24.1. The SMILES string of the molecule is CCn1c(CCC(=O)Nc2ccc(C(C)=O)cc2)nc2cc(S(=O)(=O)N3CCOCC3)ccc21. The van der Waals surface area contributed by atoms with Crippen LogP contribution in [-0.2, 0) is 32.5 Å². The smallest absolute Gasteiger partial charge is 0.243 e. The Balaban J connectivity index is 1.49. The molecule has 1 aromatic heterocycles. The molecule has 34 heavy (non-hydrogen) atoms. The highest BCUT2D eigenvalue weighted by Crippen LogP contribution is 2.24. The van der Waals surface area contributed by atoms with E-state index in [0.29, 0.717) is 56.0 Å². The molecule has 2 heterocycles. The topological polar surface area (TPSA) is 111 Å². The van der Waals surface area contributed by atoms with Gasteiger partial charge in [-0.15, -0.1) is 0 Å². The molecular formula is C24H28N4O5S. The van der Waals surface area contributed by atoms with Gasteiger partial charge in [-0.25, -0.2) is 13.4 Å². The number of rotatable bonds is 8. The van der Waals surface area contributed by atoms with E-state index in [2.05, 4.69) is 10.3 Å². The van der Waals surface area contributed by atoms with E-state index >= 15 is 0 Å². The number of nitrogens with one attached hydrogen (secondary N) is 1. The maximum absolute atomic E-state index is 13.0. The number of Topliss-reactive ketones (excluding diaryl/α,β-unsaturated/α-hetero) is 1. The summed E-state index contributed by atoms with van der Waals surface area (Å²) in [6, 6.07) is 11.8. The van der Waals surface area contributed by atoms with Crippen molar-refractivity contribution in [2.24, 2.45) is 0 Å². The van der Waals surface area contributed by atoms with Gasteiger partial charge in [-0.2, -0.15) is 4.31 Å². The number of hydrogen-bond donors (Lipinski definition) is 1. The fourth-order valence-electron chi connectivity index (χ4n) is 4.04. The van der Waals surface area contributed by atoms with Gasteiger partial charge in [0, 0.05) is 43.7 Å². The number of hydrogen-bond acceptors (Lipinski definition) is 6. The molecule has 4 rings (SSSR count). The lowest BCUT2D eigenvalue weighted by Crippen LogP contribution is -2.40. The molecule has 1 saturated heterocycles. The van der Waals surface area contributed by atoms with Crippen LogP contribution in [0.5, 0.6) is 0 Å². The molecule has 0 saturated carbocycles. The Morgan fingerprint density at radius 3 is 2.44 bits per heavy atom. The largest absolute Gasteiger partial charge is 0.379 e. The van der Waals surface area contributed by atoms with E-state index in [1.807, 2.05) is 11.5 Å². The van der Waals surface area contributed by atoms with E-state index in [0.717, 1.165) is 11.3 Å². The normalized spacial score (nSPS) is 14.9. The van der Waals surface area contributed by atoms with Gasteiger partial charge in [0.15, 0.2) is 5.78 Å². The minimum absolute atomic E-state index is 0.0303. The lowest BCUT2D eigenvalue weighted by atomic mass is 10.1. The van der Waals surface area contributed by atoms with Gasteiger partial charge in [0.05, 0.1) is 29.1 Å². The predicted molar refractivity (Wildman–Crippen MR) is 128 cm³/mol. The molecular weight excluding hydrogens is 456 g/mol. The average molecular weight is 485 g/mol. The van der Waals surface area contributed by atoms with Crippen molar-refractivity contribution in [3.63, 3.8) is 0 Å². The minimum atomic E-state index is -3.61. The Kier molecular flexibility index (Phi) is 7.11. The molecule has 0 radical (unpaired) electrons. The summed E-state index contributed by atoms with van der Waals surface area (Å²) in [6.45, 7) is 5.57. The standard InChI is InChI=1S/C24H28N4O5S/c1-3-28-22-9-8-20(34(31,32)27-12-14-33-15-13-27)16-21(22)26-23(28)10-11-24(30)25-19-6-4-18(5-7-19)17(2)29/h4-9,16H,3,10-15H2,1-2H3,(H,25,30). The van der Waals surface area contributed by atoms with Crippen LogP contribution in [0.15, 0.2) is 47.4 Å². The number of imidazole rings is 1. The molecule has 0 atom stereocenters. The second kappa shape index (κ2) is 10.0. The van der Waals surface area contributed by atoms with Crippen molar-refractivity contribution < 1.29 is 22.7 Å². The molecule has 1 fully saturated rings. The van der Waals surface area contributed by atoms with Crippen LogP contribution in [0.25, 0.3) is 11.0 Å². The van der Waals surface area contributed by atoms with Crippen LogP contribution in [0.1, 0.15) is 36.5 Å². The molecule has 2 aromatic carbocycles. The molecule has 10 heteroatoms. The van der Waals surface area contributed by atoms with Gasteiger partial charge in [0.1, 0.15) is 5.82 Å². The number of morpholine rings is 1. The zero-order chi connectivity index (χ0) is 24.3. The highest BCUT2D eigenvalue weighted by Gasteiger charge is 2.27. The van der Waals surface area contributed by atoms with Gasteiger partial charge in [-0.1, -0.05) is 0 Å². The van der Waals surface area contributed by atoms with E-state index in [1.165, 1.54) is 11.2 Å². The van der Waals surface area contributed by atoms with Gasteiger partial charge in [-0.05, 0) is 56.3 Å². The molecule has 0 aliphatic carbocycles. The number of ether oxygens (including phenoxy) is 1. The summed E-state index contributed by atoms with van der Waals surface area (Å²) in [6.07, 6.45) is 0.627. The molecule has 0 spiro atoms. The summed E-state index contributed by atoms with van der Waals surface area (Å²) in [4.78, 5) is 28.7. The number of carbonyl (C=O) groups excluding carboxylic acids is 2. The van der Waals surface area contributed by atoms with Crippen LogP contribution in [-0.4, -0.2) is 60.3 Å². The van der Waals surface area contributed by atoms with Gasteiger partial charge in [0.25, 0.3) is 0 Å². The molecule has 1 N–H and O–H groups in total. The minimum Gasteiger partial charge on any atom is -0.379 e. The van der Waals surface area contributed by atoms with Gasteiger partial charge in [-0.3, -0.25) is 9.59 Å². The zero-order valence-corrected chi connectivity index (χ0v) is 20.1. The van der Waals surface area contributed by atoms with Crippen LogP contribution < -0.4 is 5.32 Å². The monoisotopic (exact) mass is 484 g/mol. The van der Waals surface area contributed by atoms with Gasteiger partial charge < -0.3 is 14.6 Å². The Hall–Kier alpha value is -3.08. The van der Waals surface area contributed by atoms with E-state index in [-0.39, 0.29) is 23.0 Å². The maximum Gasteiger partial charge on any atom is 0.243 e. The maximum atomic E-state index is 13.0. The summed E-state index contributed by atoms with van der Waals surface area (Å²) >= 11 is 0. The number of anilines is 1. The van der Waals surface area contributed by atoms with Crippen molar-refractivity contribution in [2.45, 2.75) is 38.1 Å². The molecule has 1 amide bonds. The first-order valence-corrected chi connectivity index (χ1v) is 12.7. The van der Waals surface area contributed by atoms with E-state index in [9.17, 15) is 18.0 Å². The molecule has 0 unspecified atom stereocenters. The third kappa shape index (κ3) is 5.03. The Morgan fingerprint density at radius 1 is 1.09 bits per heavy atom. The first-order chi connectivity index (χ1) is 16.3. The number of amides is 1. The highest BCUT2D eigenvalue weighted by molar-refractivity contribution is 7.89. The summed E-state index contributed by atoms with van der Waals surface area (Å²) in [7, 11) is -3.61. The van der Waals surface area contributed by atoms with Crippen molar-refractivity contribution in [3.8, 4) is 0 Å². The number of ketones is 1. The Bertz CT molecular complexity index is 1310. The molecule has 1 aliphatic heterocycles. The van der Waals surface area contributed by atoms with E-state index in [4.69, 9.17) is 4.74 Å². The number of fused-ring (bicyclic) bond motifs is 1. The highest BCUT2D eigenvalue weighted by atomic mass is 32.2. The van der Waals surface area contributed by atoms with Crippen LogP contribution >= 0.6 is 0 Å². The van der Waals surface area contributed by atoms with Crippen LogP contribution in [0, 0.1) is 0 Å². The van der Waals surface area contributed by atoms with Crippen molar-refractivity contribution in [1.82, 2.24) is 13.9 Å². The fourth-order valence-corrected chi connectivity index (χ4v) is 5.47. The Labute approximate surface area is 198 Å². The number of nitrogens with zero attached hydrogens (tertiary/aromatic N) is 3. The Morgan fingerprint density at radius 2 is 1.79 bits per heavy atom. The molecule has 180 valence electrons. The third-order valence-corrected chi connectivity index (χ3v) is 7.77. The molecule has 9 nitrogen and oxygen atoms in total. The zero-order valence-electron chi connectivity index (χ0n) is 19.3. The van der Waals surface area contributed by atoms with E-state index in [1.54, 1.807) is 42.5 Å². The quantitative estimate of drug-likeness (QED) is 0.492. The van der Waals surface area contributed by atoms with E-state index < -0.39 is 10.0 Å². The van der Waals surface area contributed by atoms with Crippen LogP contribution in [0.2, 0.25) is 0 Å². The number of carbonyl (C=O) groups is 2. The lowest BCUT2D eigenvalue weighted by Gasteiger charge is -2.26. The van der Waals surface area contributed by atoms with Crippen molar-refractivity contribution in [3.05, 3.63) is 53.9 Å². The number of aromatic nitrogens is 2. The fraction of sp³-hybridized carbons (Fsp3) is 0.375. The number of sulfonamides is 1. The lowest BCUT2D eigenvalue weighted by molar-refractivity contribution is -0.116. The number of aryl methyl sites for hydroxylation is 2. The van der Waals surface area contributed by atoms with Crippen molar-refractivity contribution in [1.29, 1.82) is 0 Å². The van der Waals surface area contributed by atoms with Gasteiger partial charge >= 0.3 is 0 Å². The van der Waals surface area contributed by atoms with Crippen molar-refractivity contribution >= 4 is 38.4 Å². The second-order valence-electron chi connectivity index (χ2n) is 8.12.